The molecule has 4 aromatic rings. The minimum Gasteiger partial charge on any atom is -0.870 e. The van der Waals surface area contributed by atoms with Crippen LogP contribution in [0.2, 0.25) is 0 Å². The summed E-state index contributed by atoms with van der Waals surface area (Å²) in [6, 6.07) is 35.6. The lowest BCUT2D eigenvalue weighted by molar-refractivity contribution is 0.464. The Hall–Kier alpha value is -3.13. The highest BCUT2D eigenvalue weighted by atomic mass is 31.2. The van der Waals surface area contributed by atoms with Crippen LogP contribution in [0.25, 0.3) is 0 Å². The zero-order valence-electron chi connectivity index (χ0n) is 15.2. The number of phenolic OH excluding ortho intramolecular Hbond substituents is 2. The monoisotopic (exact) mass is 388 g/mol. The fourth-order valence-corrected chi connectivity index (χ4v) is 7.93. The van der Waals surface area contributed by atoms with Crippen molar-refractivity contribution in [3.8, 4) is 11.5 Å². The van der Waals surface area contributed by atoms with Crippen molar-refractivity contribution in [2.75, 3.05) is 0 Å². The van der Waals surface area contributed by atoms with Crippen LogP contribution in [0, 0.1) is 0 Å². The van der Waals surface area contributed by atoms with Crippen LogP contribution in [0.1, 0.15) is 0 Å². The molecule has 0 radical (unpaired) electrons. The van der Waals surface area contributed by atoms with Gasteiger partial charge in [0.25, 0.3) is 0 Å². The molecule has 0 spiro atoms. The minimum absolute atomic E-state index is 0. The summed E-state index contributed by atoms with van der Waals surface area (Å²) in [5.74, 6) is 0.340. The third-order valence-corrected chi connectivity index (χ3v) is 9.05. The summed E-state index contributed by atoms with van der Waals surface area (Å²) in [6.45, 7) is 0. The van der Waals surface area contributed by atoms with Gasteiger partial charge in [-0.1, -0.05) is 54.6 Å². The molecule has 0 fully saturated rings. The molecule has 0 saturated heterocycles. The van der Waals surface area contributed by atoms with Crippen molar-refractivity contribution in [1.29, 1.82) is 0 Å². The summed E-state index contributed by atoms with van der Waals surface area (Å²) in [5, 5.41) is 25.3. The molecule has 0 aliphatic rings. The molecule has 4 aromatic carbocycles. The van der Waals surface area contributed by atoms with Crippen molar-refractivity contribution in [2.24, 2.45) is 0 Å². The van der Waals surface area contributed by atoms with Crippen molar-refractivity contribution in [3.63, 3.8) is 0 Å². The molecule has 0 atom stereocenters. The predicted octanol–water partition coefficient (Wildman–Crippen LogP) is 3.54. The van der Waals surface area contributed by atoms with Crippen molar-refractivity contribution >= 4 is 28.5 Å². The molecule has 0 aromatic heterocycles. The summed E-state index contributed by atoms with van der Waals surface area (Å²) in [5.41, 5.74) is 0. The first-order chi connectivity index (χ1) is 13.2. The second-order valence-corrected chi connectivity index (χ2v) is 9.72. The van der Waals surface area contributed by atoms with E-state index in [1.807, 2.05) is 54.6 Å². The first-order valence-corrected chi connectivity index (χ1v) is 10.6. The second kappa shape index (κ2) is 8.26. The van der Waals surface area contributed by atoms with Crippen molar-refractivity contribution in [2.45, 2.75) is 0 Å². The lowest BCUT2D eigenvalue weighted by Crippen LogP contribution is -2.38. The lowest BCUT2D eigenvalue weighted by atomic mass is 10.3. The smallest absolute Gasteiger partial charge is 0.159 e. The van der Waals surface area contributed by atoms with Gasteiger partial charge < -0.3 is 15.7 Å². The van der Waals surface area contributed by atoms with Gasteiger partial charge in [0.15, 0.2) is 11.1 Å². The first-order valence-electron chi connectivity index (χ1n) is 8.81. The van der Waals surface area contributed by atoms with E-state index in [9.17, 15) is 10.2 Å². The molecule has 0 heterocycles. The maximum Gasteiger partial charge on any atom is 0.159 e. The molecule has 4 rings (SSSR count). The Kier molecular flexibility index (Phi) is 5.79. The summed E-state index contributed by atoms with van der Waals surface area (Å²) in [4.78, 5) is 0. The fourth-order valence-electron chi connectivity index (χ4n) is 3.60. The highest BCUT2D eigenvalue weighted by molar-refractivity contribution is 8.01. The van der Waals surface area contributed by atoms with E-state index in [-0.39, 0.29) is 17.0 Å². The Morgan fingerprint density at radius 3 is 1.29 bits per heavy atom. The Morgan fingerprint density at radius 1 is 0.500 bits per heavy atom. The number of phenols is 2. The van der Waals surface area contributed by atoms with Crippen LogP contribution in [0.15, 0.2) is 109 Å². The van der Waals surface area contributed by atoms with Crippen LogP contribution in [-0.2, 0) is 0 Å². The average Bonchev–Trinajstić information content (AvgIpc) is 2.73. The number of rotatable bonds is 4. The molecule has 140 valence electrons. The second-order valence-electron chi connectivity index (χ2n) is 6.35. The van der Waals surface area contributed by atoms with Crippen molar-refractivity contribution < 1.29 is 15.7 Å². The molecule has 0 bridgehead atoms. The molecule has 4 heteroatoms. The van der Waals surface area contributed by atoms with E-state index in [1.165, 1.54) is 6.07 Å². The summed E-state index contributed by atoms with van der Waals surface area (Å²) in [6.07, 6.45) is 0. The molecular weight excluding hydrogens is 367 g/mol. The third-order valence-electron chi connectivity index (χ3n) is 4.75. The van der Waals surface area contributed by atoms with Crippen LogP contribution in [-0.4, -0.2) is 15.7 Å². The largest absolute Gasteiger partial charge is 0.870 e. The number of benzene rings is 4. The van der Waals surface area contributed by atoms with E-state index in [4.69, 9.17) is 0 Å². The van der Waals surface area contributed by atoms with Gasteiger partial charge in [0, 0.05) is 6.07 Å². The van der Waals surface area contributed by atoms with Crippen molar-refractivity contribution in [1.82, 2.24) is 0 Å². The number of hydrogen-bond acceptors (Lipinski definition) is 3. The SMILES string of the molecule is Oc1ccc(O)c([P+](c2ccccc2)(c2ccccc2)c2ccccc2)c1.[OH-]. The van der Waals surface area contributed by atoms with Gasteiger partial charge in [0.1, 0.15) is 28.9 Å². The van der Waals surface area contributed by atoms with Gasteiger partial charge in [-0.05, 0) is 48.5 Å². The van der Waals surface area contributed by atoms with E-state index >= 15 is 0 Å². The van der Waals surface area contributed by atoms with Gasteiger partial charge in [0.05, 0.1) is 0 Å². The quantitative estimate of drug-likeness (QED) is 0.415. The average molecular weight is 388 g/mol. The predicted molar refractivity (Wildman–Crippen MR) is 116 cm³/mol. The topological polar surface area (TPSA) is 70.5 Å². The molecule has 28 heavy (non-hydrogen) atoms. The lowest BCUT2D eigenvalue weighted by Gasteiger charge is -2.28. The molecular formula is C24H21O3P. The van der Waals surface area contributed by atoms with Crippen LogP contribution in [0.4, 0.5) is 0 Å². The maximum absolute atomic E-state index is 10.9. The van der Waals surface area contributed by atoms with Crippen LogP contribution in [0.5, 0.6) is 11.5 Å². The Bertz CT molecular complexity index is 939. The summed E-state index contributed by atoms with van der Waals surface area (Å²) < 4.78 is 0. The number of aromatic hydroxyl groups is 2. The standard InChI is InChI=1S/C24H19O2P.H2O/c25-19-16-17-23(26)24(18-19)27(20-10-4-1-5-11-20,21-12-6-2-7-13-21)22-14-8-3-9-15-22;/h1-18H,(H-,25,26);1H2. The minimum atomic E-state index is -2.38. The van der Waals surface area contributed by atoms with Gasteiger partial charge in [-0.25, -0.2) is 0 Å². The maximum atomic E-state index is 10.9. The van der Waals surface area contributed by atoms with E-state index in [0.717, 1.165) is 21.2 Å². The molecule has 0 amide bonds. The summed E-state index contributed by atoms with van der Waals surface area (Å²) in [7, 11) is -2.38. The van der Waals surface area contributed by atoms with E-state index in [0.29, 0.717) is 0 Å². The first kappa shape index (κ1) is 19.6. The van der Waals surface area contributed by atoms with E-state index in [2.05, 4.69) is 36.4 Å². The van der Waals surface area contributed by atoms with Crippen LogP contribution in [0.3, 0.4) is 0 Å². The number of hydrogen-bond donors (Lipinski definition) is 2. The van der Waals surface area contributed by atoms with Gasteiger partial charge >= 0.3 is 0 Å². The van der Waals surface area contributed by atoms with Crippen LogP contribution < -0.4 is 21.2 Å². The Labute approximate surface area is 165 Å². The summed E-state index contributed by atoms with van der Waals surface area (Å²) >= 11 is 0. The molecule has 0 aliphatic carbocycles. The van der Waals surface area contributed by atoms with Gasteiger partial charge in [-0.3, -0.25) is 0 Å². The fraction of sp³-hybridized carbons (Fsp3) is 0. The molecule has 0 saturated carbocycles. The van der Waals surface area contributed by atoms with Gasteiger partial charge in [-0.2, -0.15) is 0 Å². The molecule has 0 aliphatic heterocycles. The zero-order chi connectivity index (χ0) is 18.7. The van der Waals surface area contributed by atoms with Crippen LogP contribution >= 0.6 is 7.26 Å². The Morgan fingerprint density at radius 2 is 0.893 bits per heavy atom. The molecule has 3 N–H and O–H groups in total. The highest BCUT2D eigenvalue weighted by Crippen LogP contribution is 2.56. The Balaban J connectivity index is 0.00000225. The zero-order valence-corrected chi connectivity index (χ0v) is 16.1. The van der Waals surface area contributed by atoms with Gasteiger partial charge in [-0.15, -0.1) is 0 Å². The highest BCUT2D eigenvalue weighted by Gasteiger charge is 2.49. The molecule has 3 nitrogen and oxygen atoms in total. The van der Waals surface area contributed by atoms with E-state index < -0.39 is 7.26 Å². The normalized spacial score (nSPS) is 10.9. The van der Waals surface area contributed by atoms with E-state index in [1.54, 1.807) is 12.1 Å². The third kappa shape index (κ3) is 3.27. The van der Waals surface area contributed by atoms with Crippen molar-refractivity contribution in [3.05, 3.63) is 109 Å². The van der Waals surface area contributed by atoms with Gasteiger partial charge in [0.2, 0.25) is 0 Å². The molecule has 0 unspecified atom stereocenters.